The molecule has 47 heavy (non-hydrogen) atoms. The van der Waals surface area contributed by atoms with Gasteiger partial charge in [0.25, 0.3) is 0 Å². The lowest BCUT2D eigenvalue weighted by Crippen LogP contribution is -2.59. The number of amides is 1. The monoisotopic (exact) mass is 684 g/mol. The van der Waals surface area contributed by atoms with E-state index in [4.69, 9.17) is 14.2 Å². The Morgan fingerprint density at radius 1 is 1.02 bits per heavy atom. The van der Waals surface area contributed by atoms with Gasteiger partial charge in [-0.3, -0.25) is 4.90 Å². The van der Waals surface area contributed by atoms with E-state index in [1.165, 1.54) is 4.31 Å². The molecule has 2 aromatic rings. The molecular weight excluding hydrogens is 641 g/mol. The summed E-state index contributed by atoms with van der Waals surface area (Å²) in [4.78, 5) is 24.7. The Balaban J connectivity index is 1.18. The molecule has 3 fully saturated rings. The average Bonchev–Trinajstić information content (AvgIpc) is 3.49. The molecule has 16 heteroatoms. The topological polar surface area (TPSA) is 126 Å². The van der Waals surface area contributed by atoms with Crippen molar-refractivity contribution in [3.05, 3.63) is 36.0 Å². The molecule has 0 aliphatic carbocycles. The number of ether oxygens (including phenoxy) is 3. The number of rotatable bonds is 7. The number of halogens is 3. The van der Waals surface area contributed by atoms with Gasteiger partial charge in [-0.25, -0.2) is 18.2 Å². The highest BCUT2D eigenvalue weighted by atomic mass is 32.2. The Hall–Kier alpha value is -3.37. The molecule has 5 rings (SSSR count). The number of carbonyl (C=O) groups is 1. The maximum atomic E-state index is 13.5. The third-order valence-corrected chi connectivity index (χ3v) is 10.3. The Morgan fingerprint density at radius 3 is 2.21 bits per heavy atom. The SMILES string of the molecule is C[C@H]1CN(c2ccc(S(=O)(=O)N3CCC(Nc4ncc(C(F)(F)F)c(O[C@H]5CCOC5)n4)CC3)cc2)C[C@H](C)N1C(=O)OC(C)(C)C. The van der Waals surface area contributed by atoms with Crippen molar-refractivity contribution in [2.45, 2.75) is 94.8 Å². The zero-order valence-electron chi connectivity index (χ0n) is 27.3. The van der Waals surface area contributed by atoms with Gasteiger partial charge >= 0.3 is 12.3 Å². The standard InChI is InChI=1S/C31H43F3N6O6S/c1-20-17-38(18-21(2)40(20)29(41)46-30(3,4)5)23-6-8-25(9-7-23)47(42,43)39-13-10-22(11-14-39)36-28-35-16-26(31(32,33)34)27(37-28)45-24-12-15-44-19-24/h6-9,16,20-22,24H,10-15,17-19H2,1-5H3,(H,35,36,37)/t20-,21-,24-/m0/s1. The largest absolute Gasteiger partial charge is 0.471 e. The van der Waals surface area contributed by atoms with Crippen LogP contribution in [0.3, 0.4) is 0 Å². The predicted molar refractivity (Wildman–Crippen MR) is 168 cm³/mol. The molecule has 0 bridgehead atoms. The smallest absolute Gasteiger partial charge is 0.423 e. The molecule has 1 aromatic carbocycles. The number of nitrogens with zero attached hydrogens (tertiary/aromatic N) is 5. The van der Waals surface area contributed by atoms with E-state index >= 15 is 0 Å². The van der Waals surface area contributed by atoms with Crippen molar-refractivity contribution < 1.29 is 40.6 Å². The van der Waals surface area contributed by atoms with Crippen LogP contribution >= 0.6 is 0 Å². The summed E-state index contributed by atoms with van der Waals surface area (Å²) in [6.07, 6.45) is -3.57. The number of piperidine rings is 1. The van der Waals surface area contributed by atoms with Crippen LogP contribution in [-0.2, 0) is 25.7 Å². The summed E-state index contributed by atoms with van der Waals surface area (Å²) in [7, 11) is -3.78. The van der Waals surface area contributed by atoms with Gasteiger partial charge in [0.15, 0.2) is 0 Å². The van der Waals surface area contributed by atoms with E-state index in [0.717, 1.165) is 5.69 Å². The molecule has 0 spiro atoms. The minimum absolute atomic E-state index is 0.0145. The number of alkyl halides is 3. The van der Waals surface area contributed by atoms with Crippen LogP contribution in [0.2, 0.25) is 0 Å². The van der Waals surface area contributed by atoms with Crippen LogP contribution in [0.5, 0.6) is 5.88 Å². The van der Waals surface area contributed by atoms with Gasteiger partial charge in [0.1, 0.15) is 17.3 Å². The fourth-order valence-electron chi connectivity index (χ4n) is 6.09. The summed E-state index contributed by atoms with van der Waals surface area (Å²) in [6.45, 7) is 11.6. The van der Waals surface area contributed by atoms with Crippen LogP contribution in [0.4, 0.5) is 29.6 Å². The fraction of sp³-hybridized carbons (Fsp3) is 0.645. The number of hydrogen-bond donors (Lipinski definition) is 1. The van der Waals surface area contributed by atoms with Crippen molar-refractivity contribution in [1.29, 1.82) is 0 Å². The Morgan fingerprint density at radius 2 is 1.66 bits per heavy atom. The Bertz CT molecular complexity index is 1500. The summed E-state index contributed by atoms with van der Waals surface area (Å²) in [6, 6.07) is 6.29. The van der Waals surface area contributed by atoms with E-state index in [9.17, 15) is 26.4 Å². The fourth-order valence-corrected chi connectivity index (χ4v) is 7.56. The van der Waals surface area contributed by atoms with Crippen molar-refractivity contribution in [2.75, 3.05) is 49.6 Å². The number of piperazine rings is 1. The van der Waals surface area contributed by atoms with Gasteiger partial charge in [-0.05, 0) is 71.7 Å². The van der Waals surface area contributed by atoms with Crippen LogP contribution in [0, 0.1) is 0 Å². The zero-order chi connectivity index (χ0) is 34.1. The maximum Gasteiger partial charge on any atom is 0.423 e. The zero-order valence-corrected chi connectivity index (χ0v) is 28.1. The number of nitrogens with one attached hydrogen (secondary N) is 1. The summed E-state index contributed by atoms with van der Waals surface area (Å²) in [5.74, 6) is -0.567. The average molecular weight is 685 g/mol. The number of aromatic nitrogens is 2. The maximum absolute atomic E-state index is 13.5. The summed E-state index contributed by atoms with van der Waals surface area (Å²) < 4.78 is 85.3. The van der Waals surface area contributed by atoms with Crippen molar-refractivity contribution in [1.82, 2.24) is 19.2 Å². The van der Waals surface area contributed by atoms with E-state index < -0.39 is 39.3 Å². The van der Waals surface area contributed by atoms with Crippen molar-refractivity contribution in [3.8, 4) is 5.88 Å². The van der Waals surface area contributed by atoms with Crippen LogP contribution in [0.25, 0.3) is 0 Å². The Kier molecular flexibility index (Phi) is 10.1. The molecule has 0 saturated carbocycles. The highest BCUT2D eigenvalue weighted by Crippen LogP contribution is 2.36. The first kappa shape index (κ1) is 35.0. The lowest BCUT2D eigenvalue weighted by Gasteiger charge is -2.45. The number of benzene rings is 1. The minimum Gasteiger partial charge on any atom is -0.471 e. The van der Waals surface area contributed by atoms with E-state index in [2.05, 4.69) is 20.2 Å². The van der Waals surface area contributed by atoms with E-state index in [-0.39, 0.29) is 54.8 Å². The molecule has 3 aliphatic rings. The van der Waals surface area contributed by atoms with Gasteiger partial charge in [-0.2, -0.15) is 22.5 Å². The molecule has 3 aliphatic heterocycles. The summed E-state index contributed by atoms with van der Waals surface area (Å²) in [5, 5.41) is 3.05. The molecule has 3 atom stereocenters. The number of hydrogen-bond acceptors (Lipinski definition) is 10. The van der Waals surface area contributed by atoms with Gasteiger partial charge in [0.05, 0.1) is 30.2 Å². The first-order chi connectivity index (χ1) is 22.0. The minimum atomic E-state index is -4.68. The van der Waals surface area contributed by atoms with Gasteiger partial charge in [0.2, 0.25) is 21.9 Å². The summed E-state index contributed by atoms with van der Waals surface area (Å²) in [5.41, 5.74) is -0.797. The van der Waals surface area contributed by atoms with E-state index in [0.29, 0.717) is 45.2 Å². The third kappa shape index (κ3) is 8.38. The van der Waals surface area contributed by atoms with Gasteiger partial charge in [-0.1, -0.05) is 0 Å². The molecule has 3 saturated heterocycles. The van der Waals surface area contributed by atoms with Crippen LogP contribution in [-0.4, -0.2) is 103 Å². The van der Waals surface area contributed by atoms with Gasteiger partial charge < -0.3 is 24.4 Å². The normalized spacial score (nSPS) is 23.5. The Labute approximate surface area is 273 Å². The van der Waals surface area contributed by atoms with Crippen molar-refractivity contribution >= 4 is 27.8 Å². The number of sulfonamides is 1. The molecule has 1 N–H and O–H groups in total. The third-order valence-electron chi connectivity index (χ3n) is 8.38. The number of anilines is 2. The molecule has 260 valence electrons. The lowest BCUT2D eigenvalue weighted by atomic mass is 10.1. The highest BCUT2D eigenvalue weighted by molar-refractivity contribution is 7.89. The molecule has 0 unspecified atom stereocenters. The van der Waals surface area contributed by atoms with Gasteiger partial charge in [0, 0.05) is 50.5 Å². The first-order valence-electron chi connectivity index (χ1n) is 15.8. The molecule has 12 nitrogen and oxygen atoms in total. The quantitative estimate of drug-likeness (QED) is 0.436. The molecule has 1 aromatic heterocycles. The second-order valence-electron chi connectivity index (χ2n) is 13.3. The lowest BCUT2D eigenvalue weighted by molar-refractivity contribution is -0.139. The van der Waals surface area contributed by atoms with Crippen LogP contribution in [0.15, 0.2) is 35.4 Å². The van der Waals surface area contributed by atoms with E-state index in [1.54, 1.807) is 29.2 Å². The van der Waals surface area contributed by atoms with Crippen molar-refractivity contribution in [2.24, 2.45) is 0 Å². The van der Waals surface area contributed by atoms with Crippen LogP contribution < -0.4 is 15.0 Å². The van der Waals surface area contributed by atoms with Crippen LogP contribution in [0.1, 0.15) is 59.4 Å². The second-order valence-corrected chi connectivity index (χ2v) is 15.3. The molecular formula is C31H43F3N6O6S. The predicted octanol–water partition coefficient (Wildman–Crippen LogP) is 4.76. The summed E-state index contributed by atoms with van der Waals surface area (Å²) >= 11 is 0. The second kappa shape index (κ2) is 13.6. The first-order valence-corrected chi connectivity index (χ1v) is 17.3. The van der Waals surface area contributed by atoms with Crippen molar-refractivity contribution in [3.63, 3.8) is 0 Å². The number of carbonyl (C=O) groups excluding carboxylic acids is 1. The molecule has 1 amide bonds. The molecule has 4 heterocycles. The highest BCUT2D eigenvalue weighted by Gasteiger charge is 2.38. The molecule has 0 radical (unpaired) electrons. The van der Waals surface area contributed by atoms with E-state index in [1.807, 2.05) is 34.6 Å². The van der Waals surface area contributed by atoms with Gasteiger partial charge in [-0.15, -0.1) is 0 Å².